The molecule has 106 valence electrons. The highest BCUT2D eigenvalue weighted by atomic mass is 16.5. The molecule has 1 aliphatic rings. The normalized spacial score (nSPS) is 23.3. The highest BCUT2D eigenvalue weighted by Gasteiger charge is 2.21. The minimum absolute atomic E-state index is 0.752. The molecule has 1 aromatic rings. The van der Waals surface area contributed by atoms with Crippen LogP contribution in [0.4, 0.5) is 0 Å². The summed E-state index contributed by atoms with van der Waals surface area (Å²) in [6.45, 7) is 5.08. The van der Waals surface area contributed by atoms with Crippen molar-refractivity contribution >= 4 is 0 Å². The maximum Gasteiger partial charge on any atom is 0.119 e. The first-order valence-corrected chi connectivity index (χ1v) is 8.06. The highest BCUT2D eigenvalue weighted by molar-refractivity contribution is 5.29. The van der Waals surface area contributed by atoms with Crippen molar-refractivity contribution in [2.75, 3.05) is 6.61 Å². The molecule has 0 radical (unpaired) electrons. The number of hydrogen-bond acceptors (Lipinski definition) is 1. The Morgan fingerprint density at radius 3 is 2.26 bits per heavy atom. The Bertz CT molecular complexity index is 346. The van der Waals surface area contributed by atoms with Gasteiger partial charge in [0.05, 0.1) is 6.61 Å². The molecule has 1 fully saturated rings. The summed E-state index contributed by atoms with van der Waals surface area (Å²) in [6.07, 6.45) is 9.82. The topological polar surface area (TPSA) is 9.23 Å². The Morgan fingerprint density at radius 2 is 1.68 bits per heavy atom. The fourth-order valence-electron chi connectivity index (χ4n) is 3.28. The van der Waals surface area contributed by atoms with E-state index >= 15 is 0 Å². The number of rotatable bonds is 6. The van der Waals surface area contributed by atoms with E-state index in [1.807, 2.05) is 6.92 Å². The maximum absolute atomic E-state index is 5.51. The molecule has 0 bridgehead atoms. The summed E-state index contributed by atoms with van der Waals surface area (Å²) >= 11 is 0. The summed E-state index contributed by atoms with van der Waals surface area (Å²) in [6, 6.07) is 8.79. The largest absolute Gasteiger partial charge is 0.494 e. The van der Waals surface area contributed by atoms with Crippen molar-refractivity contribution in [3.8, 4) is 5.75 Å². The van der Waals surface area contributed by atoms with Gasteiger partial charge in [0, 0.05) is 0 Å². The minimum atomic E-state index is 0.752. The van der Waals surface area contributed by atoms with Crippen LogP contribution in [0.15, 0.2) is 24.3 Å². The van der Waals surface area contributed by atoms with E-state index in [0.29, 0.717) is 0 Å². The van der Waals surface area contributed by atoms with E-state index in [1.165, 1.54) is 50.5 Å². The van der Waals surface area contributed by atoms with E-state index in [9.17, 15) is 0 Å². The zero-order valence-corrected chi connectivity index (χ0v) is 12.5. The third-order valence-corrected chi connectivity index (χ3v) is 4.48. The third-order valence-electron chi connectivity index (χ3n) is 4.48. The second-order valence-electron chi connectivity index (χ2n) is 5.86. The van der Waals surface area contributed by atoms with E-state index in [0.717, 1.165) is 24.2 Å². The molecule has 1 nitrogen and oxygen atoms in total. The maximum atomic E-state index is 5.51. The van der Waals surface area contributed by atoms with Crippen molar-refractivity contribution in [3.05, 3.63) is 29.8 Å². The molecule has 0 atom stereocenters. The number of ether oxygens (including phenoxy) is 1. The smallest absolute Gasteiger partial charge is 0.119 e. The van der Waals surface area contributed by atoms with Gasteiger partial charge < -0.3 is 4.74 Å². The average molecular weight is 260 g/mol. The molecule has 0 saturated heterocycles. The van der Waals surface area contributed by atoms with Crippen LogP contribution in [-0.4, -0.2) is 6.61 Å². The molecular formula is C18H28O. The van der Waals surface area contributed by atoms with Crippen LogP contribution in [-0.2, 0) is 0 Å². The SMILES string of the molecule is CCCC[C@H]1CC[C@H](c2ccc(OCC)cc2)CC1. The van der Waals surface area contributed by atoms with Gasteiger partial charge >= 0.3 is 0 Å². The molecule has 2 rings (SSSR count). The van der Waals surface area contributed by atoms with Gasteiger partial charge in [0.15, 0.2) is 0 Å². The molecule has 0 amide bonds. The van der Waals surface area contributed by atoms with Gasteiger partial charge in [-0.1, -0.05) is 38.3 Å². The van der Waals surface area contributed by atoms with Gasteiger partial charge in [0.2, 0.25) is 0 Å². The van der Waals surface area contributed by atoms with E-state index in [4.69, 9.17) is 4.74 Å². The molecule has 19 heavy (non-hydrogen) atoms. The summed E-state index contributed by atoms with van der Waals surface area (Å²) in [7, 11) is 0. The van der Waals surface area contributed by atoms with Crippen LogP contribution in [0.2, 0.25) is 0 Å². The monoisotopic (exact) mass is 260 g/mol. The Labute approximate surface area is 118 Å². The molecule has 0 aromatic heterocycles. The molecule has 1 heteroatoms. The fraction of sp³-hybridized carbons (Fsp3) is 0.667. The molecule has 0 heterocycles. The molecular weight excluding hydrogens is 232 g/mol. The average Bonchev–Trinajstić information content (AvgIpc) is 2.47. The van der Waals surface area contributed by atoms with Crippen molar-refractivity contribution in [1.82, 2.24) is 0 Å². The van der Waals surface area contributed by atoms with Crippen molar-refractivity contribution in [1.29, 1.82) is 0 Å². The zero-order chi connectivity index (χ0) is 13.5. The van der Waals surface area contributed by atoms with Gasteiger partial charge in [-0.05, 0) is 62.1 Å². The predicted octanol–water partition coefficient (Wildman–Crippen LogP) is 5.55. The van der Waals surface area contributed by atoms with E-state index < -0.39 is 0 Å². The summed E-state index contributed by atoms with van der Waals surface area (Å²) in [4.78, 5) is 0. The first kappa shape index (κ1) is 14.4. The standard InChI is InChI=1S/C18H28O/c1-3-5-6-15-7-9-16(10-8-15)17-11-13-18(14-12-17)19-4-2/h11-16H,3-10H2,1-2H3/t15-,16-. The molecule has 0 N–H and O–H groups in total. The van der Waals surface area contributed by atoms with E-state index in [1.54, 1.807) is 0 Å². The molecule has 0 unspecified atom stereocenters. The van der Waals surface area contributed by atoms with Crippen LogP contribution in [0.3, 0.4) is 0 Å². The fourth-order valence-corrected chi connectivity index (χ4v) is 3.28. The van der Waals surface area contributed by atoms with Gasteiger partial charge in [0.25, 0.3) is 0 Å². The summed E-state index contributed by atoms with van der Waals surface area (Å²) in [5.41, 5.74) is 1.51. The Morgan fingerprint density at radius 1 is 1.00 bits per heavy atom. The lowest BCUT2D eigenvalue weighted by atomic mass is 9.77. The van der Waals surface area contributed by atoms with Crippen LogP contribution >= 0.6 is 0 Å². The van der Waals surface area contributed by atoms with Gasteiger partial charge in [-0.2, -0.15) is 0 Å². The van der Waals surface area contributed by atoms with Crippen molar-refractivity contribution < 1.29 is 4.74 Å². The molecule has 1 aromatic carbocycles. The van der Waals surface area contributed by atoms with Gasteiger partial charge in [-0.3, -0.25) is 0 Å². The lowest BCUT2D eigenvalue weighted by Gasteiger charge is -2.28. The predicted molar refractivity (Wildman–Crippen MR) is 81.8 cm³/mol. The first-order valence-electron chi connectivity index (χ1n) is 8.06. The molecule has 0 spiro atoms. The van der Waals surface area contributed by atoms with E-state index in [2.05, 4.69) is 31.2 Å². The van der Waals surface area contributed by atoms with Crippen LogP contribution in [0.5, 0.6) is 5.75 Å². The van der Waals surface area contributed by atoms with Crippen LogP contribution < -0.4 is 4.74 Å². The van der Waals surface area contributed by atoms with Gasteiger partial charge in [-0.15, -0.1) is 0 Å². The second kappa shape index (κ2) is 7.57. The number of benzene rings is 1. The van der Waals surface area contributed by atoms with Crippen molar-refractivity contribution in [2.24, 2.45) is 5.92 Å². The second-order valence-corrected chi connectivity index (χ2v) is 5.86. The molecule has 0 aliphatic heterocycles. The zero-order valence-electron chi connectivity index (χ0n) is 12.5. The van der Waals surface area contributed by atoms with Crippen LogP contribution in [0, 0.1) is 5.92 Å². The van der Waals surface area contributed by atoms with Crippen LogP contribution in [0.25, 0.3) is 0 Å². The Hall–Kier alpha value is -0.980. The quantitative estimate of drug-likeness (QED) is 0.651. The van der Waals surface area contributed by atoms with Crippen LogP contribution in [0.1, 0.15) is 70.3 Å². The Balaban J connectivity index is 1.83. The lowest BCUT2D eigenvalue weighted by molar-refractivity contribution is 0.304. The lowest BCUT2D eigenvalue weighted by Crippen LogP contribution is -2.13. The van der Waals surface area contributed by atoms with Gasteiger partial charge in [0.1, 0.15) is 5.75 Å². The van der Waals surface area contributed by atoms with E-state index in [-0.39, 0.29) is 0 Å². The summed E-state index contributed by atoms with van der Waals surface area (Å²) in [5.74, 6) is 2.79. The Kier molecular flexibility index (Phi) is 5.75. The third kappa shape index (κ3) is 4.26. The summed E-state index contributed by atoms with van der Waals surface area (Å²) in [5, 5.41) is 0. The highest BCUT2D eigenvalue weighted by Crippen LogP contribution is 2.37. The van der Waals surface area contributed by atoms with Crippen molar-refractivity contribution in [2.45, 2.75) is 64.7 Å². The number of hydrogen-bond donors (Lipinski definition) is 0. The summed E-state index contributed by atoms with van der Waals surface area (Å²) < 4.78 is 5.51. The number of unbranched alkanes of at least 4 members (excludes halogenated alkanes) is 1. The molecule has 1 saturated carbocycles. The first-order chi connectivity index (χ1) is 9.33. The molecule has 1 aliphatic carbocycles. The minimum Gasteiger partial charge on any atom is -0.494 e. The van der Waals surface area contributed by atoms with Crippen molar-refractivity contribution in [3.63, 3.8) is 0 Å². The van der Waals surface area contributed by atoms with Gasteiger partial charge in [-0.25, -0.2) is 0 Å².